The summed E-state index contributed by atoms with van der Waals surface area (Å²) in [5.74, 6) is -0.788. The van der Waals surface area contributed by atoms with Crippen LogP contribution in [-0.2, 0) is 23.8 Å². The van der Waals surface area contributed by atoms with Gasteiger partial charge < -0.3 is 14.2 Å². The van der Waals surface area contributed by atoms with Crippen molar-refractivity contribution in [1.29, 1.82) is 0 Å². The highest BCUT2D eigenvalue weighted by atomic mass is 16.7. The quantitative estimate of drug-likeness (QED) is 0.532. The van der Waals surface area contributed by atoms with Crippen molar-refractivity contribution >= 4 is 11.9 Å². The lowest BCUT2D eigenvalue weighted by atomic mass is 9.96. The van der Waals surface area contributed by atoms with E-state index in [0.717, 1.165) is 6.42 Å². The Balaban J connectivity index is 4.19. The molecule has 0 bridgehead atoms. The van der Waals surface area contributed by atoms with Gasteiger partial charge in [0.05, 0.1) is 5.92 Å². The van der Waals surface area contributed by atoms with Gasteiger partial charge in [0.15, 0.2) is 6.61 Å². The number of carbonyl (C=O) groups is 2. The molecular formula is C15H28O5. The number of esters is 2. The molecule has 5 nitrogen and oxygen atoms in total. The van der Waals surface area contributed by atoms with Crippen molar-refractivity contribution < 1.29 is 23.8 Å². The van der Waals surface area contributed by atoms with Gasteiger partial charge in [0.2, 0.25) is 6.29 Å². The smallest absolute Gasteiger partial charge is 0.346 e. The van der Waals surface area contributed by atoms with Gasteiger partial charge in [0.1, 0.15) is 0 Å². The molecule has 5 heteroatoms. The third-order valence-electron chi connectivity index (χ3n) is 2.72. The van der Waals surface area contributed by atoms with Crippen molar-refractivity contribution in [3.05, 3.63) is 0 Å². The second kappa shape index (κ2) is 8.25. The van der Waals surface area contributed by atoms with E-state index in [4.69, 9.17) is 14.2 Å². The van der Waals surface area contributed by atoms with Crippen molar-refractivity contribution in [2.45, 2.75) is 54.3 Å². The van der Waals surface area contributed by atoms with Crippen LogP contribution in [0.5, 0.6) is 0 Å². The molecular weight excluding hydrogens is 260 g/mol. The lowest BCUT2D eigenvalue weighted by Gasteiger charge is -2.28. The minimum atomic E-state index is -0.665. The fourth-order valence-corrected chi connectivity index (χ4v) is 1.81. The van der Waals surface area contributed by atoms with Crippen LogP contribution in [0.2, 0.25) is 0 Å². The van der Waals surface area contributed by atoms with E-state index in [2.05, 4.69) is 0 Å². The highest BCUT2D eigenvalue weighted by molar-refractivity contribution is 5.77. The Hall–Kier alpha value is -1.10. The van der Waals surface area contributed by atoms with Crippen LogP contribution in [0.4, 0.5) is 0 Å². The summed E-state index contributed by atoms with van der Waals surface area (Å²) in [6.07, 6.45) is 0.0677. The summed E-state index contributed by atoms with van der Waals surface area (Å²) >= 11 is 0. The predicted octanol–water partition coefficient (Wildman–Crippen LogP) is 2.77. The number of rotatable bonds is 7. The van der Waals surface area contributed by atoms with Gasteiger partial charge in [0, 0.05) is 12.5 Å². The van der Waals surface area contributed by atoms with E-state index in [1.807, 2.05) is 34.6 Å². The first kappa shape index (κ1) is 18.9. The van der Waals surface area contributed by atoms with Gasteiger partial charge in [-0.3, -0.25) is 4.79 Å². The van der Waals surface area contributed by atoms with Gasteiger partial charge in [-0.15, -0.1) is 0 Å². The molecule has 0 aromatic carbocycles. The molecule has 0 radical (unpaired) electrons. The zero-order valence-corrected chi connectivity index (χ0v) is 13.7. The third-order valence-corrected chi connectivity index (χ3v) is 2.72. The number of hydrogen-bond acceptors (Lipinski definition) is 5. The average molecular weight is 288 g/mol. The van der Waals surface area contributed by atoms with Crippen LogP contribution in [0, 0.1) is 17.3 Å². The van der Waals surface area contributed by atoms with Crippen LogP contribution < -0.4 is 0 Å². The lowest BCUT2D eigenvalue weighted by molar-refractivity contribution is -0.200. The van der Waals surface area contributed by atoms with Gasteiger partial charge in [-0.05, 0) is 12.3 Å². The van der Waals surface area contributed by atoms with Gasteiger partial charge in [-0.2, -0.15) is 0 Å². The number of carbonyl (C=O) groups excluding carboxylic acids is 2. The molecule has 0 saturated carbocycles. The summed E-state index contributed by atoms with van der Waals surface area (Å²) in [6, 6.07) is 0. The zero-order chi connectivity index (χ0) is 15.9. The molecule has 0 aromatic rings. The van der Waals surface area contributed by atoms with Gasteiger partial charge in [-0.25, -0.2) is 4.79 Å². The third kappa shape index (κ3) is 7.48. The zero-order valence-electron chi connectivity index (χ0n) is 13.7. The molecule has 2 atom stereocenters. The second-order valence-electron chi connectivity index (χ2n) is 6.56. The van der Waals surface area contributed by atoms with E-state index in [0.29, 0.717) is 5.92 Å². The molecule has 0 aliphatic rings. The van der Waals surface area contributed by atoms with E-state index in [1.165, 1.54) is 7.11 Å². The molecule has 20 heavy (non-hydrogen) atoms. The van der Waals surface area contributed by atoms with Crippen LogP contribution in [0.3, 0.4) is 0 Å². The summed E-state index contributed by atoms with van der Waals surface area (Å²) in [6.45, 7) is 11.2. The highest BCUT2D eigenvalue weighted by Gasteiger charge is 2.28. The number of methoxy groups -OCH3 is 1. The van der Waals surface area contributed by atoms with E-state index < -0.39 is 12.3 Å². The van der Waals surface area contributed by atoms with Gasteiger partial charge in [-0.1, -0.05) is 41.5 Å². The largest absolute Gasteiger partial charge is 0.453 e. The summed E-state index contributed by atoms with van der Waals surface area (Å²) < 4.78 is 15.2. The van der Waals surface area contributed by atoms with E-state index in [1.54, 1.807) is 6.92 Å². The van der Waals surface area contributed by atoms with Crippen molar-refractivity contribution in [3.8, 4) is 0 Å². The molecule has 0 aliphatic carbocycles. The Bertz CT molecular complexity index is 317. The Morgan fingerprint density at radius 1 is 1.10 bits per heavy atom. The first-order valence-electron chi connectivity index (χ1n) is 6.96. The minimum absolute atomic E-state index is 0.219. The first-order chi connectivity index (χ1) is 9.07. The van der Waals surface area contributed by atoms with Crippen molar-refractivity contribution in [2.75, 3.05) is 13.7 Å². The van der Waals surface area contributed by atoms with Gasteiger partial charge in [0.25, 0.3) is 0 Å². The molecule has 0 aliphatic heterocycles. The maximum Gasteiger partial charge on any atom is 0.346 e. The maximum atomic E-state index is 11.7. The van der Waals surface area contributed by atoms with Crippen molar-refractivity contribution in [3.63, 3.8) is 0 Å². The predicted molar refractivity (Wildman–Crippen MR) is 75.9 cm³/mol. The molecule has 0 rings (SSSR count). The van der Waals surface area contributed by atoms with Gasteiger partial charge >= 0.3 is 11.9 Å². The number of hydrogen-bond donors (Lipinski definition) is 0. The molecule has 0 spiro atoms. The molecule has 0 saturated heterocycles. The Morgan fingerprint density at radius 2 is 1.65 bits per heavy atom. The Morgan fingerprint density at radius 3 is 2.05 bits per heavy atom. The molecule has 0 fully saturated rings. The van der Waals surface area contributed by atoms with E-state index in [-0.39, 0.29) is 23.9 Å². The summed E-state index contributed by atoms with van der Waals surface area (Å²) in [7, 11) is 1.47. The SMILES string of the molecule is COC(OC(=O)COC(=O)C(C)CC(C)C)C(C)(C)C. The molecule has 2 unspecified atom stereocenters. The topological polar surface area (TPSA) is 61.8 Å². The second-order valence-corrected chi connectivity index (χ2v) is 6.56. The molecule has 0 heterocycles. The monoisotopic (exact) mass is 288 g/mol. The molecule has 0 amide bonds. The maximum absolute atomic E-state index is 11.7. The van der Waals surface area contributed by atoms with Crippen molar-refractivity contribution in [2.24, 2.45) is 17.3 Å². The fraction of sp³-hybridized carbons (Fsp3) is 0.867. The fourth-order valence-electron chi connectivity index (χ4n) is 1.81. The summed E-state index contributed by atoms with van der Waals surface area (Å²) in [5.41, 5.74) is -0.334. The highest BCUT2D eigenvalue weighted by Crippen LogP contribution is 2.22. The Kier molecular flexibility index (Phi) is 7.79. The minimum Gasteiger partial charge on any atom is -0.453 e. The summed E-state index contributed by atoms with van der Waals surface area (Å²) in [4.78, 5) is 23.3. The van der Waals surface area contributed by atoms with E-state index in [9.17, 15) is 9.59 Å². The van der Waals surface area contributed by atoms with Crippen molar-refractivity contribution in [1.82, 2.24) is 0 Å². The van der Waals surface area contributed by atoms with Crippen LogP contribution >= 0.6 is 0 Å². The number of ether oxygens (including phenoxy) is 3. The molecule has 0 N–H and O–H groups in total. The molecule has 118 valence electrons. The van der Waals surface area contributed by atoms with Crippen LogP contribution in [-0.4, -0.2) is 31.9 Å². The van der Waals surface area contributed by atoms with Crippen LogP contribution in [0.1, 0.15) is 48.0 Å². The Labute approximate surface area is 122 Å². The molecule has 0 aromatic heterocycles. The lowest BCUT2D eigenvalue weighted by Crippen LogP contribution is -2.35. The van der Waals surface area contributed by atoms with Crippen LogP contribution in [0.25, 0.3) is 0 Å². The van der Waals surface area contributed by atoms with E-state index >= 15 is 0 Å². The average Bonchev–Trinajstić information content (AvgIpc) is 2.30. The summed E-state index contributed by atoms with van der Waals surface area (Å²) in [5, 5.41) is 0. The van der Waals surface area contributed by atoms with Crippen LogP contribution in [0.15, 0.2) is 0 Å². The normalized spacial score (nSPS) is 14.8. The first-order valence-corrected chi connectivity index (χ1v) is 6.96. The standard InChI is InChI=1S/C15H28O5/c1-10(2)8-11(3)13(17)19-9-12(16)20-14(18-7)15(4,5)6/h10-11,14H,8-9H2,1-7H3.